The Balaban J connectivity index is 0.00000132. The Morgan fingerprint density at radius 1 is 1.17 bits per heavy atom. The van der Waals surface area contributed by atoms with Crippen molar-refractivity contribution in [3.63, 3.8) is 0 Å². The Bertz CT molecular complexity index is 404. The topological polar surface area (TPSA) is 65.0 Å². The standard InChI is InChI=1S/C16H26O5.2CH4/c1-9-10(2)14-12(16(18)6-4-5-7-16)11(13(9)21-14)8-20-15(17)19-3;;/h9-14,18H,4-8H2,1-3H3;2*1H4. The van der Waals surface area contributed by atoms with Crippen molar-refractivity contribution < 1.29 is 24.1 Å². The highest BCUT2D eigenvalue weighted by molar-refractivity contribution is 5.59. The second-order valence-electron chi connectivity index (χ2n) is 7.05. The summed E-state index contributed by atoms with van der Waals surface area (Å²) >= 11 is 0. The molecular formula is C18H34O5. The first-order chi connectivity index (χ1) is 9.98. The Labute approximate surface area is 140 Å². The molecule has 3 rings (SSSR count). The van der Waals surface area contributed by atoms with E-state index in [1.807, 2.05) is 0 Å². The second-order valence-corrected chi connectivity index (χ2v) is 7.05. The Morgan fingerprint density at radius 3 is 2.30 bits per heavy atom. The highest BCUT2D eigenvalue weighted by Crippen LogP contribution is 2.56. The molecule has 6 atom stereocenters. The van der Waals surface area contributed by atoms with Gasteiger partial charge in [-0.05, 0) is 24.7 Å². The van der Waals surface area contributed by atoms with Crippen LogP contribution < -0.4 is 0 Å². The van der Waals surface area contributed by atoms with Crippen LogP contribution in [-0.4, -0.2) is 42.8 Å². The monoisotopic (exact) mass is 330 g/mol. The Hall–Kier alpha value is -0.810. The summed E-state index contributed by atoms with van der Waals surface area (Å²) in [4.78, 5) is 11.3. The van der Waals surface area contributed by atoms with E-state index in [0.717, 1.165) is 25.7 Å². The predicted octanol–water partition coefficient (Wildman–Crippen LogP) is 3.63. The predicted molar refractivity (Wildman–Crippen MR) is 89.2 cm³/mol. The summed E-state index contributed by atoms with van der Waals surface area (Å²) in [6.45, 7) is 4.67. The Kier molecular flexibility index (Phi) is 6.50. The molecule has 2 heterocycles. The molecule has 23 heavy (non-hydrogen) atoms. The first kappa shape index (κ1) is 20.2. The fraction of sp³-hybridized carbons (Fsp3) is 0.944. The maximum absolute atomic E-state index is 11.3. The smallest absolute Gasteiger partial charge is 0.438 e. The highest BCUT2D eigenvalue weighted by atomic mass is 16.7. The number of hydrogen-bond acceptors (Lipinski definition) is 5. The van der Waals surface area contributed by atoms with E-state index in [-0.39, 0.29) is 45.5 Å². The van der Waals surface area contributed by atoms with Crippen molar-refractivity contribution in [2.75, 3.05) is 13.7 Å². The zero-order valence-corrected chi connectivity index (χ0v) is 13.1. The van der Waals surface area contributed by atoms with Crippen molar-refractivity contribution in [3.8, 4) is 0 Å². The second kappa shape index (κ2) is 7.39. The van der Waals surface area contributed by atoms with Crippen LogP contribution in [0.3, 0.4) is 0 Å². The summed E-state index contributed by atoms with van der Waals surface area (Å²) in [5, 5.41) is 11.1. The third-order valence-electron chi connectivity index (χ3n) is 6.07. The number of hydrogen-bond donors (Lipinski definition) is 1. The molecular weight excluding hydrogens is 296 g/mol. The van der Waals surface area contributed by atoms with E-state index in [1.165, 1.54) is 7.11 Å². The van der Waals surface area contributed by atoms with Gasteiger partial charge in [-0.3, -0.25) is 0 Å². The maximum atomic E-state index is 11.3. The van der Waals surface area contributed by atoms with Crippen LogP contribution >= 0.6 is 0 Å². The van der Waals surface area contributed by atoms with Crippen molar-refractivity contribution >= 4 is 6.16 Å². The minimum absolute atomic E-state index is 0. The van der Waals surface area contributed by atoms with E-state index in [0.29, 0.717) is 11.8 Å². The molecule has 2 saturated heterocycles. The molecule has 1 N–H and O–H groups in total. The number of carbonyl (C=O) groups is 1. The zero-order valence-electron chi connectivity index (χ0n) is 13.1. The number of rotatable bonds is 3. The molecule has 3 aliphatic rings. The van der Waals surface area contributed by atoms with Crippen molar-refractivity contribution in [1.82, 2.24) is 0 Å². The molecule has 0 amide bonds. The molecule has 6 unspecified atom stereocenters. The summed E-state index contributed by atoms with van der Waals surface area (Å²) in [6, 6.07) is 0. The molecule has 0 radical (unpaired) electrons. The molecule has 5 heteroatoms. The van der Waals surface area contributed by atoms with Crippen LogP contribution in [0.1, 0.15) is 54.4 Å². The molecule has 2 bridgehead atoms. The maximum Gasteiger partial charge on any atom is 0.507 e. The molecule has 0 aromatic carbocycles. The number of methoxy groups -OCH3 is 1. The van der Waals surface area contributed by atoms with Crippen LogP contribution in [0.4, 0.5) is 4.79 Å². The molecule has 136 valence electrons. The number of fused-ring (bicyclic) bond motifs is 2. The lowest BCUT2D eigenvalue weighted by molar-refractivity contribution is -0.0749. The summed E-state index contributed by atoms with van der Waals surface area (Å²) in [5.41, 5.74) is -0.655. The highest BCUT2D eigenvalue weighted by Gasteiger charge is 2.62. The number of aliphatic hydroxyl groups is 1. The number of carbonyl (C=O) groups excluding carboxylic acids is 1. The van der Waals surface area contributed by atoms with E-state index >= 15 is 0 Å². The van der Waals surface area contributed by atoms with Crippen molar-refractivity contribution in [2.24, 2.45) is 23.7 Å². The van der Waals surface area contributed by atoms with E-state index in [4.69, 9.17) is 9.47 Å². The zero-order chi connectivity index (χ0) is 15.2. The third-order valence-corrected chi connectivity index (χ3v) is 6.07. The van der Waals surface area contributed by atoms with Crippen LogP contribution in [-0.2, 0) is 14.2 Å². The van der Waals surface area contributed by atoms with Gasteiger partial charge in [0.2, 0.25) is 0 Å². The molecule has 1 saturated carbocycles. The van der Waals surface area contributed by atoms with E-state index < -0.39 is 11.8 Å². The van der Waals surface area contributed by atoms with Crippen molar-refractivity contribution in [3.05, 3.63) is 0 Å². The van der Waals surface area contributed by atoms with Gasteiger partial charge in [0, 0.05) is 11.8 Å². The van der Waals surface area contributed by atoms with Crippen molar-refractivity contribution in [1.29, 1.82) is 0 Å². The van der Waals surface area contributed by atoms with Gasteiger partial charge in [0.25, 0.3) is 0 Å². The largest absolute Gasteiger partial charge is 0.507 e. The summed E-state index contributed by atoms with van der Waals surface area (Å²) < 4.78 is 15.9. The van der Waals surface area contributed by atoms with E-state index in [1.54, 1.807) is 0 Å². The first-order valence-corrected chi connectivity index (χ1v) is 8.06. The van der Waals surface area contributed by atoms with Crippen molar-refractivity contribution in [2.45, 2.75) is 72.2 Å². The lowest BCUT2D eigenvalue weighted by atomic mass is 9.63. The van der Waals surface area contributed by atoms with Crippen LogP contribution in [0.25, 0.3) is 0 Å². The summed E-state index contributed by atoms with van der Waals surface area (Å²) in [6.07, 6.45) is 3.30. The minimum atomic E-state index is -0.657. The van der Waals surface area contributed by atoms with Crippen LogP contribution in [0, 0.1) is 23.7 Å². The first-order valence-electron chi connectivity index (χ1n) is 8.06. The van der Waals surface area contributed by atoms with Gasteiger partial charge < -0.3 is 19.3 Å². The van der Waals surface area contributed by atoms with Crippen LogP contribution in [0.5, 0.6) is 0 Å². The quantitative estimate of drug-likeness (QED) is 0.801. The average Bonchev–Trinajstić information content (AvgIpc) is 3.13. The van der Waals surface area contributed by atoms with E-state index in [2.05, 4.69) is 18.6 Å². The van der Waals surface area contributed by atoms with Gasteiger partial charge in [0.05, 0.1) is 24.9 Å². The van der Waals surface area contributed by atoms with Gasteiger partial charge in [-0.2, -0.15) is 0 Å². The SMILES string of the molecule is C.C.COC(=O)OCC1C2OC(C(C)C2C)C1C1(O)CCCC1. The minimum Gasteiger partial charge on any atom is -0.438 e. The third kappa shape index (κ3) is 3.22. The van der Waals surface area contributed by atoms with Crippen LogP contribution in [0.2, 0.25) is 0 Å². The normalized spacial score (nSPS) is 40.2. The average molecular weight is 330 g/mol. The molecule has 0 aromatic rings. The molecule has 2 aliphatic heterocycles. The molecule has 0 aromatic heterocycles. The fourth-order valence-corrected chi connectivity index (χ4v) is 4.82. The van der Waals surface area contributed by atoms with E-state index in [9.17, 15) is 9.90 Å². The van der Waals surface area contributed by atoms with Gasteiger partial charge in [0.15, 0.2) is 0 Å². The van der Waals surface area contributed by atoms with Crippen LogP contribution in [0.15, 0.2) is 0 Å². The lowest BCUT2D eigenvalue weighted by Crippen LogP contribution is -2.51. The summed E-state index contributed by atoms with van der Waals surface area (Å²) in [7, 11) is 1.31. The van der Waals surface area contributed by atoms with Gasteiger partial charge >= 0.3 is 6.16 Å². The van der Waals surface area contributed by atoms with Gasteiger partial charge in [0.1, 0.15) is 6.61 Å². The van der Waals surface area contributed by atoms with Gasteiger partial charge in [-0.1, -0.05) is 41.5 Å². The van der Waals surface area contributed by atoms with Gasteiger partial charge in [-0.15, -0.1) is 0 Å². The van der Waals surface area contributed by atoms with Gasteiger partial charge in [-0.25, -0.2) is 4.79 Å². The molecule has 3 fully saturated rings. The molecule has 5 nitrogen and oxygen atoms in total. The number of ether oxygens (including phenoxy) is 3. The molecule has 0 spiro atoms. The summed E-state index contributed by atoms with van der Waals surface area (Å²) in [5.74, 6) is 1.02. The lowest BCUT2D eigenvalue weighted by Gasteiger charge is -2.42. The fourth-order valence-electron chi connectivity index (χ4n) is 4.82. The molecule has 1 aliphatic carbocycles. The Morgan fingerprint density at radius 2 is 1.74 bits per heavy atom.